The monoisotopic (exact) mass is 394 g/mol. The minimum absolute atomic E-state index is 0.0577. The molecular weight excluding hydrogens is 368 g/mol. The van der Waals surface area contributed by atoms with Crippen LogP contribution in [0.4, 0.5) is 0 Å². The Hall–Kier alpha value is -1.29. The Morgan fingerprint density at radius 2 is 1.93 bits per heavy atom. The first-order chi connectivity index (χ1) is 13.0. The van der Waals surface area contributed by atoms with Crippen molar-refractivity contribution in [3.63, 3.8) is 0 Å². The third-order valence-electron chi connectivity index (χ3n) is 8.41. The highest BCUT2D eigenvalue weighted by molar-refractivity contribution is 5.77. The summed E-state index contributed by atoms with van der Waals surface area (Å²) in [6.07, 6.45) is -4.21. The lowest BCUT2D eigenvalue weighted by molar-refractivity contribution is -0.317. The maximum Gasteiger partial charge on any atom is 0.335 e. The standard InChI is InChI=1S/C20H26O8/c1-7-4-10(21)15(24)18(3)9(7)5-11-19-6-27-20(26,17(18)19)14(23)8(2)12(19)13(22)16(25)28-11/h4,9-15,17,21-24,26H,2,5-6H2,1,3H3/t9-,10-,11+,12+,13+,14+,15+,17+,18+,19-,20-/m0/s1. The number of allylic oxidation sites excluding steroid dienone is 1. The summed E-state index contributed by atoms with van der Waals surface area (Å²) in [7, 11) is 0. The molecule has 2 bridgehead atoms. The molecule has 0 unspecified atom stereocenters. The molecule has 1 spiro atoms. The molecule has 0 aromatic carbocycles. The van der Waals surface area contributed by atoms with Crippen molar-refractivity contribution in [2.24, 2.45) is 28.6 Å². The van der Waals surface area contributed by atoms with E-state index < -0.39 is 64.9 Å². The zero-order valence-electron chi connectivity index (χ0n) is 15.8. The first-order valence-corrected chi connectivity index (χ1v) is 9.67. The Morgan fingerprint density at radius 1 is 1.25 bits per heavy atom. The molecule has 2 saturated carbocycles. The Labute approximate surface area is 162 Å². The molecule has 11 atom stereocenters. The largest absolute Gasteiger partial charge is 0.460 e. The van der Waals surface area contributed by atoms with Crippen LogP contribution in [0.15, 0.2) is 23.8 Å². The van der Waals surface area contributed by atoms with Gasteiger partial charge in [0.25, 0.3) is 0 Å². The van der Waals surface area contributed by atoms with Crippen LogP contribution in [0.1, 0.15) is 20.3 Å². The van der Waals surface area contributed by atoms with Crippen LogP contribution in [-0.2, 0) is 14.3 Å². The third-order valence-corrected chi connectivity index (χ3v) is 8.41. The van der Waals surface area contributed by atoms with E-state index in [1.165, 1.54) is 0 Å². The summed E-state index contributed by atoms with van der Waals surface area (Å²) in [6.45, 7) is 7.41. The molecule has 0 radical (unpaired) electrons. The van der Waals surface area contributed by atoms with Gasteiger partial charge in [0.15, 0.2) is 11.9 Å². The smallest absolute Gasteiger partial charge is 0.335 e. The predicted octanol–water partition coefficient (Wildman–Crippen LogP) is -1.15. The van der Waals surface area contributed by atoms with Crippen LogP contribution in [0, 0.1) is 28.6 Å². The SMILES string of the molecule is C=C1[C@@H](O)[C@]2(O)OC[C@@]34[C@H]1[C@@H](O)C(=O)O[C@@H]3C[C@H]1C(C)=C[C@H](O)[C@@H](O)[C@]1(C)[C@@H]24. The third kappa shape index (κ3) is 1.73. The van der Waals surface area contributed by atoms with Crippen molar-refractivity contribution in [2.45, 2.75) is 56.6 Å². The maximum absolute atomic E-state index is 12.4. The van der Waals surface area contributed by atoms with Crippen molar-refractivity contribution in [3.8, 4) is 0 Å². The fourth-order valence-electron chi connectivity index (χ4n) is 7.37. The van der Waals surface area contributed by atoms with Gasteiger partial charge in [0.05, 0.1) is 18.8 Å². The average molecular weight is 394 g/mol. The molecule has 4 fully saturated rings. The molecule has 2 saturated heterocycles. The van der Waals surface area contributed by atoms with E-state index in [9.17, 15) is 30.3 Å². The summed E-state index contributed by atoms with van der Waals surface area (Å²) in [5.74, 6) is -4.94. The van der Waals surface area contributed by atoms with Gasteiger partial charge in [-0.15, -0.1) is 0 Å². The van der Waals surface area contributed by atoms with Gasteiger partial charge in [-0.3, -0.25) is 0 Å². The van der Waals surface area contributed by atoms with Crippen LogP contribution in [0.5, 0.6) is 0 Å². The molecule has 0 aromatic heterocycles. The lowest BCUT2D eigenvalue weighted by Crippen LogP contribution is -2.76. The molecule has 0 aromatic rings. The number of fused-ring (bicyclic) bond motifs is 1. The number of hydrogen-bond donors (Lipinski definition) is 5. The van der Waals surface area contributed by atoms with Crippen molar-refractivity contribution < 1.29 is 39.8 Å². The lowest BCUT2D eigenvalue weighted by Gasteiger charge is -2.67. The van der Waals surface area contributed by atoms with Gasteiger partial charge in [-0.2, -0.15) is 0 Å². The molecule has 28 heavy (non-hydrogen) atoms. The fraction of sp³-hybridized carbons (Fsp3) is 0.750. The van der Waals surface area contributed by atoms with Gasteiger partial charge >= 0.3 is 5.97 Å². The minimum Gasteiger partial charge on any atom is -0.460 e. The summed E-state index contributed by atoms with van der Waals surface area (Å²) in [5.41, 5.74) is -1.19. The van der Waals surface area contributed by atoms with E-state index in [0.29, 0.717) is 6.42 Å². The van der Waals surface area contributed by atoms with Crippen molar-refractivity contribution in [1.82, 2.24) is 0 Å². The van der Waals surface area contributed by atoms with Crippen LogP contribution in [0.3, 0.4) is 0 Å². The van der Waals surface area contributed by atoms with E-state index >= 15 is 0 Å². The molecule has 0 amide bonds. The van der Waals surface area contributed by atoms with E-state index in [0.717, 1.165) is 5.57 Å². The van der Waals surface area contributed by atoms with Crippen molar-refractivity contribution in [3.05, 3.63) is 23.8 Å². The average Bonchev–Trinajstić information content (AvgIpc) is 2.92. The lowest BCUT2D eigenvalue weighted by atomic mass is 9.38. The molecule has 5 N–H and O–H groups in total. The summed E-state index contributed by atoms with van der Waals surface area (Å²) >= 11 is 0. The molecule has 8 heteroatoms. The Balaban J connectivity index is 1.80. The molecule has 2 heterocycles. The summed E-state index contributed by atoms with van der Waals surface area (Å²) in [6, 6.07) is 0. The molecule has 154 valence electrons. The highest BCUT2D eigenvalue weighted by atomic mass is 16.6. The van der Waals surface area contributed by atoms with Crippen LogP contribution < -0.4 is 0 Å². The van der Waals surface area contributed by atoms with Crippen LogP contribution in [-0.4, -0.2) is 74.4 Å². The predicted molar refractivity (Wildman–Crippen MR) is 93.3 cm³/mol. The van der Waals surface area contributed by atoms with Gasteiger partial charge in [-0.1, -0.05) is 25.2 Å². The number of aliphatic hydroxyl groups is 5. The summed E-state index contributed by atoms with van der Waals surface area (Å²) in [4.78, 5) is 12.4. The van der Waals surface area contributed by atoms with E-state index in [1.807, 2.05) is 6.92 Å². The number of esters is 1. The molecule has 5 aliphatic rings. The number of carbonyl (C=O) groups excluding carboxylic acids is 1. The fourth-order valence-corrected chi connectivity index (χ4v) is 7.37. The van der Waals surface area contributed by atoms with Crippen LogP contribution in [0.25, 0.3) is 0 Å². The Kier molecular flexibility index (Phi) is 3.51. The van der Waals surface area contributed by atoms with Gasteiger partial charge in [0.2, 0.25) is 0 Å². The summed E-state index contributed by atoms with van der Waals surface area (Å²) < 4.78 is 11.4. The highest BCUT2D eigenvalue weighted by Crippen LogP contribution is 2.73. The van der Waals surface area contributed by atoms with Gasteiger partial charge in [-0.05, 0) is 24.8 Å². The minimum atomic E-state index is -2.07. The van der Waals surface area contributed by atoms with E-state index in [-0.39, 0.29) is 18.1 Å². The second-order valence-electron chi connectivity index (χ2n) is 9.41. The molecule has 2 aliphatic heterocycles. The Bertz CT molecular complexity index is 808. The number of carbonyl (C=O) groups is 1. The second kappa shape index (κ2) is 5.24. The molecule has 8 nitrogen and oxygen atoms in total. The molecular formula is C20H26O8. The molecule has 5 rings (SSSR count). The van der Waals surface area contributed by atoms with E-state index in [1.54, 1.807) is 13.0 Å². The summed E-state index contributed by atoms with van der Waals surface area (Å²) in [5, 5.41) is 54.6. The number of ether oxygens (including phenoxy) is 2. The highest BCUT2D eigenvalue weighted by Gasteiger charge is 2.82. The first-order valence-electron chi connectivity index (χ1n) is 9.67. The Morgan fingerprint density at radius 3 is 2.61 bits per heavy atom. The maximum atomic E-state index is 12.4. The number of aliphatic hydroxyl groups excluding tert-OH is 4. The quantitative estimate of drug-likeness (QED) is 0.257. The van der Waals surface area contributed by atoms with Crippen LogP contribution in [0.2, 0.25) is 0 Å². The number of hydrogen-bond acceptors (Lipinski definition) is 8. The first kappa shape index (κ1) is 18.7. The second-order valence-corrected chi connectivity index (χ2v) is 9.41. The van der Waals surface area contributed by atoms with Gasteiger partial charge < -0.3 is 35.0 Å². The van der Waals surface area contributed by atoms with E-state index in [4.69, 9.17) is 9.47 Å². The van der Waals surface area contributed by atoms with Gasteiger partial charge in [-0.25, -0.2) is 4.79 Å². The normalized spacial score (nSPS) is 59.9. The number of rotatable bonds is 0. The zero-order valence-corrected chi connectivity index (χ0v) is 15.8. The van der Waals surface area contributed by atoms with Crippen LogP contribution >= 0.6 is 0 Å². The van der Waals surface area contributed by atoms with Gasteiger partial charge in [0, 0.05) is 22.7 Å². The topological polar surface area (TPSA) is 137 Å². The van der Waals surface area contributed by atoms with Crippen molar-refractivity contribution in [1.29, 1.82) is 0 Å². The van der Waals surface area contributed by atoms with Crippen molar-refractivity contribution >= 4 is 5.97 Å². The van der Waals surface area contributed by atoms with Crippen molar-refractivity contribution in [2.75, 3.05) is 6.61 Å². The molecule has 3 aliphatic carbocycles. The van der Waals surface area contributed by atoms with Gasteiger partial charge in [0.1, 0.15) is 12.2 Å². The zero-order chi connectivity index (χ0) is 20.4. The van der Waals surface area contributed by atoms with E-state index in [2.05, 4.69) is 6.58 Å².